The van der Waals surface area contributed by atoms with Crippen LogP contribution in [0.3, 0.4) is 0 Å². The van der Waals surface area contributed by atoms with Crippen LogP contribution < -0.4 is 9.47 Å². The normalized spacial score (nSPS) is 11.9. The Hall–Kier alpha value is -1.75. The third kappa shape index (κ3) is 3.92. The molecule has 1 aromatic rings. The van der Waals surface area contributed by atoms with Crippen molar-refractivity contribution in [1.29, 1.82) is 0 Å². The Morgan fingerprint density at radius 1 is 1.33 bits per heavy atom. The number of aromatic carboxylic acids is 1. The average Bonchev–Trinajstić information content (AvgIpc) is 2.36. The molecule has 5 nitrogen and oxygen atoms in total. The maximum atomic E-state index is 10.9. The summed E-state index contributed by atoms with van der Waals surface area (Å²) in [5.41, 5.74) is 0.172. The molecule has 1 atom stereocenters. The molecule has 0 aliphatic heterocycles. The van der Waals surface area contributed by atoms with Crippen molar-refractivity contribution in [3.8, 4) is 11.5 Å². The van der Waals surface area contributed by atoms with Crippen LogP contribution in [-0.2, 0) is 4.74 Å². The van der Waals surface area contributed by atoms with Crippen LogP contribution in [0.2, 0.25) is 0 Å². The first-order chi connectivity index (χ1) is 8.58. The number of ether oxygens (including phenoxy) is 3. The molecule has 100 valence electrons. The molecule has 0 fully saturated rings. The van der Waals surface area contributed by atoms with Crippen molar-refractivity contribution in [3.63, 3.8) is 0 Å². The van der Waals surface area contributed by atoms with E-state index in [2.05, 4.69) is 0 Å². The van der Waals surface area contributed by atoms with E-state index in [1.807, 2.05) is 13.8 Å². The number of carbonyl (C=O) groups is 1. The Balaban J connectivity index is 2.85. The van der Waals surface area contributed by atoms with Gasteiger partial charge in [0.1, 0.15) is 6.61 Å². The van der Waals surface area contributed by atoms with Crippen molar-refractivity contribution in [3.05, 3.63) is 23.8 Å². The lowest BCUT2D eigenvalue weighted by molar-refractivity contribution is 0.0687. The van der Waals surface area contributed by atoms with Gasteiger partial charge in [-0.2, -0.15) is 0 Å². The van der Waals surface area contributed by atoms with Gasteiger partial charge in [0.25, 0.3) is 0 Å². The van der Waals surface area contributed by atoms with E-state index in [1.54, 1.807) is 13.2 Å². The highest BCUT2D eigenvalue weighted by molar-refractivity contribution is 5.88. The van der Waals surface area contributed by atoms with Gasteiger partial charge >= 0.3 is 5.97 Å². The molecule has 18 heavy (non-hydrogen) atoms. The van der Waals surface area contributed by atoms with Gasteiger partial charge in [0.05, 0.1) is 18.3 Å². The minimum Gasteiger partial charge on any atom is -0.490 e. The lowest BCUT2D eigenvalue weighted by Gasteiger charge is -2.15. The minimum absolute atomic E-state index is 0.0429. The van der Waals surface area contributed by atoms with Crippen molar-refractivity contribution in [1.82, 2.24) is 0 Å². The molecule has 0 radical (unpaired) electrons. The van der Waals surface area contributed by atoms with Crippen LogP contribution in [0.1, 0.15) is 24.2 Å². The van der Waals surface area contributed by atoms with Gasteiger partial charge in [-0.05, 0) is 32.0 Å². The zero-order valence-corrected chi connectivity index (χ0v) is 10.8. The molecule has 0 amide bonds. The summed E-state index contributed by atoms with van der Waals surface area (Å²) in [6.07, 6.45) is -0.0429. The Kier molecular flexibility index (Phi) is 5.45. The number of hydrogen-bond acceptors (Lipinski definition) is 4. The van der Waals surface area contributed by atoms with Crippen molar-refractivity contribution in [2.45, 2.75) is 20.0 Å². The topological polar surface area (TPSA) is 65.0 Å². The van der Waals surface area contributed by atoms with Gasteiger partial charge in [0.15, 0.2) is 11.5 Å². The number of carboxylic acids is 1. The maximum absolute atomic E-state index is 10.9. The van der Waals surface area contributed by atoms with E-state index in [0.717, 1.165) is 0 Å². The fourth-order valence-corrected chi connectivity index (χ4v) is 1.30. The van der Waals surface area contributed by atoms with E-state index in [-0.39, 0.29) is 11.7 Å². The quantitative estimate of drug-likeness (QED) is 0.808. The van der Waals surface area contributed by atoms with Crippen molar-refractivity contribution in [2.75, 3.05) is 20.3 Å². The number of methoxy groups -OCH3 is 1. The highest BCUT2D eigenvalue weighted by atomic mass is 16.5. The molecule has 0 aliphatic rings. The van der Waals surface area contributed by atoms with E-state index in [4.69, 9.17) is 19.3 Å². The summed E-state index contributed by atoms with van der Waals surface area (Å²) in [5.74, 6) is -0.0424. The highest BCUT2D eigenvalue weighted by Crippen LogP contribution is 2.28. The summed E-state index contributed by atoms with van der Waals surface area (Å²) in [6.45, 7) is 4.53. The standard InChI is InChI=1S/C13H18O5/c1-4-17-12-7-10(13(14)15)5-6-11(12)18-8-9(2)16-3/h5-7,9H,4,8H2,1-3H3,(H,14,15). The third-order valence-electron chi connectivity index (χ3n) is 2.37. The van der Waals surface area contributed by atoms with Crippen molar-refractivity contribution in [2.24, 2.45) is 0 Å². The Morgan fingerprint density at radius 2 is 2.06 bits per heavy atom. The number of hydrogen-bond donors (Lipinski definition) is 1. The van der Waals surface area contributed by atoms with E-state index in [1.165, 1.54) is 12.1 Å². The van der Waals surface area contributed by atoms with Crippen LogP contribution in [-0.4, -0.2) is 37.5 Å². The third-order valence-corrected chi connectivity index (χ3v) is 2.37. The Bertz CT molecular complexity index is 402. The molecule has 0 spiro atoms. The fraction of sp³-hybridized carbons (Fsp3) is 0.462. The molecule has 1 rings (SSSR count). The Morgan fingerprint density at radius 3 is 2.61 bits per heavy atom. The molecule has 1 unspecified atom stereocenters. The van der Waals surface area contributed by atoms with Crippen molar-refractivity contribution >= 4 is 5.97 Å². The SMILES string of the molecule is CCOc1cc(C(=O)O)ccc1OCC(C)OC. The van der Waals surface area contributed by atoms with Gasteiger partial charge in [-0.15, -0.1) is 0 Å². The summed E-state index contributed by atoms with van der Waals surface area (Å²) in [4.78, 5) is 10.9. The van der Waals surface area contributed by atoms with Gasteiger partial charge in [0, 0.05) is 7.11 Å². The molecular formula is C13H18O5. The summed E-state index contributed by atoms with van der Waals surface area (Å²) >= 11 is 0. The number of carboxylic acid groups (broad SMARTS) is 1. The Labute approximate surface area is 106 Å². The van der Waals surface area contributed by atoms with Gasteiger partial charge in [-0.25, -0.2) is 4.79 Å². The molecule has 0 aliphatic carbocycles. The molecule has 0 aromatic heterocycles. The first-order valence-corrected chi connectivity index (χ1v) is 5.74. The lowest BCUT2D eigenvalue weighted by Crippen LogP contribution is -2.16. The summed E-state index contributed by atoms with van der Waals surface area (Å²) in [7, 11) is 1.60. The lowest BCUT2D eigenvalue weighted by atomic mass is 10.2. The van der Waals surface area contributed by atoms with E-state index in [9.17, 15) is 4.79 Å². The first-order valence-electron chi connectivity index (χ1n) is 5.74. The van der Waals surface area contributed by atoms with Crippen LogP contribution in [0.4, 0.5) is 0 Å². The summed E-state index contributed by atoms with van der Waals surface area (Å²) in [5, 5.41) is 8.91. The van der Waals surface area contributed by atoms with Gasteiger partial charge in [0.2, 0.25) is 0 Å². The smallest absolute Gasteiger partial charge is 0.335 e. The molecule has 0 heterocycles. The van der Waals surface area contributed by atoms with Crippen LogP contribution >= 0.6 is 0 Å². The molecule has 5 heteroatoms. The summed E-state index contributed by atoms with van der Waals surface area (Å²) < 4.78 is 16.0. The molecule has 0 saturated heterocycles. The monoisotopic (exact) mass is 254 g/mol. The van der Waals surface area contributed by atoms with Crippen LogP contribution in [0.15, 0.2) is 18.2 Å². The zero-order valence-electron chi connectivity index (χ0n) is 10.8. The second kappa shape index (κ2) is 6.86. The average molecular weight is 254 g/mol. The maximum Gasteiger partial charge on any atom is 0.335 e. The van der Waals surface area contributed by atoms with Gasteiger partial charge in [-0.1, -0.05) is 0 Å². The van der Waals surface area contributed by atoms with Gasteiger partial charge < -0.3 is 19.3 Å². The van der Waals surface area contributed by atoms with E-state index < -0.39 is 5.97 Å². The van der Waals surface area contributed by atoms with Gasteiger partial charge in [-0.3, -0.25) is 0 Å². The van der Waals surface area contributed by atoms with Crippen LogP contribution in [0.25, 0.3) is 0 Å². The van der Waals surface area contributed by atoms with Crippen molar-refractivity contribution < 1.29 is 24.1 Å². The predicted octanol–water partition coefficient (Wildman–Crippen LogP) is 2.20. The number of benzene rings is 1. The minimum atomic E-state index is -0.993. The second-order valence-corrected chi connectivity index (χ2v) is 3.76. The predicted molar refractivity (Wildman–Crippen MR) is 66.5 cm³/mol. The molecule has 0 saturated carbocycles. The van der Waals surface area contributed by atoms with Crippen LogP contribution in [0, 0.1) is 0 Å². The molecule has 1 aromatic carbocycles. The first kappa shape index (κ1) is 14.3. The molecule has 1 N–H and O–H groups in total. The largest absolute Gasteiger partial charge is 0.490 e. The molecule has 0 bridgehead atoms. The second-order valence-electron chi connectivity index (χ2n) is 3.76. The van der Waals surface area contributed by atoms with Crippen LogP contribution in [0.5, 0.6) is 11.5 Å². The highest BCUT2D eigenvalue weighted by Gasteiger charge is 2.11. The fourth-order valence-electron chi connectivity index (χ4n) is 1.30. The number of rotatable bonds is 7. The van der Waals surface area contributed by atoms with E-state index >= 15 is 0 Å². The van der Waals surface area contributed by atoms with E-state index in [0.29, 0.717) is 24.7 Å². The summed E-state index contributed by atoms with van der Waals surface area (Å²) in [6, 6.07) is 4.53. The molecular weight excluding hydrogens is 236 g/mol. The zero-order chi connectivity index (χ0) is 13.5.